The van der Waals surface area contributed by atoms with Crippen LogP contribution in [-0.4, -0.2) is 56.5 Å². The molecule has 2 unspecified atom stereocenters. The topological polar surface area (TPSA) is 137 Å². The van der Waals surface area contributed by atoms with Crippen LogP contribution in [0, 0.1) is 10.1 Å². The molecule has 0 radical (unpaired) electrons. The van der Waals surface area contributed by atoms with E-state index in [1.165, 1.54) is 0 Å². The van der Waals surface area contributed by atoms with Crippen LogP contribution in [0.25, 0.3) is 0 Å². The van der Waals surface area contributed by atoms with Crippen molar-refractivity contribution in [2.24, 2.45) is 0 Å². The number of ether oxygens (including phenoxy) is 3. The SMILES string of the molecule is CC1OCCC1(O)CNS(=O)(=O)c1cc2c(cc1[N+](=O)[O-])OCCO2. The molecular weight excluding hydrogens is 356 g/mol. The highest BCUT2D eigenvalue weighted by Gasteiger charge is 2.41. The van der Waals surface area contributed by atoms with Gasteiger partial charge < -0.3 is 19.3 Å². The Balaban J connectivity index is 1.92. The van der Waals surface area contributed by atoms with E-state index in [2.05, 4.69) is 4.72 Å². The van der Waals surface area contributed by atoms with Crippen molar-refractivity contribution in [2.45, 2.75) is 29.9 Å². The van der Waals surface area contributed by atoms with Crippen molar-refractivity contribution >= 4 is 15.7 Å². The third kappa shape index (κ3) is 3.40. The second kappa shape index (κ2) is 6.41. The highest BCUT2D eigenvalue weighted by molar-refractivity contribution is 7.89. The number of benzene rings is 1. The summed E-state index contributed by atoms with van der Waals surface area (Å²) in [5, 5.41) is 21.7. The summed E-state index contributed by atoms with van der Waals surface area (Å²) < 4.78 is 43.2. The monoisotopic (exact) mass is 374 g/mol. The van der Waals surface area contributed by atoms with Crippen LogP contribution in [0.2, 0.25) is 0 Å². The Morgan fingerprint density at radius 1 is 1.32 bits per heavy atom. The van der Waals surface area contributed by atoms with Gasteiger partial charge in [0, 0.05) is 25.6 Å². The average molecular weight is 374 g/mol. The molecule has 0 amide bonds. The molecule has 3 rings (SSSR count). The third-order valence-corrected chi connectivity index (χ3v) is 5.77. The van der Waals surface area contributed by atoms with Gasteiger partial charge in [0.15, 0.2) is 16.4 Å². The molecule has 1 aromatic carbocycles. The minimum atomic E-state index is -4.26. The first-order chi connectivity index (χ1) is 11.7. The number of fused-ring (bicyclic) bond motifs is 1. The first kappa shape index (κ1) is 17.9. The van der Waals surface area contributed by atoms with Crippen molar-refractivity contribution in [3.8, 4) is 11.5 Å². The van der Waals surface area contributed by atoms with Crippen molar-refractivity contribution in [2.75, 3.05) is 26.4 Å². The summed E-state index contributed by atoms with van der Waals surface area (Å²) in [7, 11) is -4.26. The van der Waals surface area contributed by atoms with E-state index in [-0.39, 0.29) is 37.7 Å². The Bertz CT molecular complexity index is 796. The van der Waals surface area contributed by atoms with Gasteiger partial charge in [-0.15, -0.1) is 0 Å². The van der Waals surface area contributed by atoms with Crippen molar-refractivity contribution in [3.05, 3.63) is 22.2 Å². The van der Waals surface area contributed by atoms with Crippen molar-refractivity contribution < 1.29 is 32.7 Å². The summed E-state index contributed by atoms with van der Waals surface area (Å²) >= 11 is 0. The lowest BCUT2D eigenvalue weighted by atomic mass is 9.97. The molecule has 2 heterocycles. The molecule has 1 aromatic rings. The van der Waals surface area contributed by atoms with E-state index in [1.807, 2.05) is 0 Å². The van der Waals surface area contributed by atoms with Crippen molar-refractivity contribution in [3.63, 3.8) is 0 Å². The first-order valence-electron chi connectivity index (χ1n) is 7.65. The highest BCUT2D eigenvalue weighted by atomic mass is 32.2. The molecule has 138 valence electrons. The number of nitro groups is 1. The number of nitrogens with one attached hydrogen (secondary N) is 1. The zero-order chi connectivity index (χ0) is 18.2. The molecule has 0 saturated carbocycles. The predicted molar refractivity (Wildman–Crippen MR) is 84.3 cm³/mol. The molecule has 1 saturated heterocycles. The molecule has 2 atom stereocenters. The van der Waals surface area contributed by atoms with Gasteiger partial charge >= 0.3 is 0 Å². The van der Waals surface area contributed by atoms with Crippen LogP contribution in [0.3, 0.4) is 0 Å². The number of nitro benzene ring substituents is 1. The fourth-order valence-electron chi connectivity index (χ4n) is 2.72. The fourth-order valence-corrected chi connectivity index (χ4v) is 3.98. The van der Waals surface area contributed by atoms with Gasteiger partial charge in [0.1, 0.15) is 18.8 Å². The second-order valence-corrected chi connectivity index (χ2v) is 7.65. The van der Waals surface area contributed by atoms with Crippen LogP contribution < -0.4 is 14.2 Å². The summed E-state index contributed by atoms with van der Waals surface area (Å²) in [5.74, 6) is 0.238. The van der Waals surface area contributed by atoms with E-state index in [9.17, 15) is 23.6 Å². The molecule has 2 N–H and O–H groups in total. The number of sulfonamides is 1. The van der Waals surface area contributed by atoms with Gasteiger partial charge in [0.05, 0.1) is 17.1 Å². The molecule has 1 fully saturated rings. The predicted octanol–water partition coefficient (Wildman–Crippen LogP) is 0.184. The van der Waals surface area contributed by atoms with Gasteiger partial charge in [0.2, 0.25) is 10.0 Å². The smallest absolute Gasteiger partial charge is 0.293 e. The number of aliphatic hydroxyl groups is 1. The maximum Gasteiger partial charge on any atom is 0.293 e. The number of hydrogen-bond acceptors (Lipinski definition) is 8. The molecular formula is C14H18N2O8S. The quantitative estimate of drug-likeness (QED) is 0.550. The number of hydrogen-bond donors (Lipinski definition) is 2. The van der Waals surface area contributed by atoms with Gasteiger partial charge in [-0.05, 0) is 6.92 Å². The number of nitrogens with zero attached hydrogens (tertiary/aromatic N) is 1. The minimum Gasteiger partial charge on any atom is -0.486 e. The van der Waals surface area contributed by atoms with Crippen LogP contribution >= 0.6 is 0 Å². The van der Waals surface area contributed by atoms with E-state index >= 15 is 0 Å². The van der Waals surface area contributed by atoms with Crippen LogP contribution in [0.5, 0.6) is 11.5 Å². The lowest BCUT2D eigenvalue weighted by molar-refractivity contribution is -0.388. The van der Waals surface area contributed by atoms with E-state index in [0.717, 1.165) is 12.1 Å². The van der Waals surface area contributed by atoms with E-state index < -0.39 is 37.2 Å². The van der Waals surface area contributed by atoms with Crippen LogP contribution in [0.15, 0.2) is 17.0 Å². The van der Waals surface area contributed by atoms with Gasteiger partial charge in [0.25, 0.3) is 5.69 Å². The average Bonchev–Trinajstić information content (AvgIpc) is 2.91. The van der Waals surface area contributed by atoms with Crippen LogP contribution in [0.1, 0.15) is 13.3 Å². The standard InChI is InChI=1S/C14H18N2O8S/c1-9-14(17,2-3-22-9)8-15-25(20,21)13-7-12-11(23-4-5-24-12)6-10(13)16(18)19/h6-7,9,15,17H,2-5,8H2,1H3. The molecule has 11 heteroatoms. The molecule has 0 bridgehead atoms. The molecule has 0 spiro atoms. The van der Waals surface area contributed by atoms with E-state index in [1.54, 1.807) is 6.92 Å². The van der Waals surface area contributed by atoms with E-state index in [0.29, 0.717) is 6.61 Å². The van der Waals surface area contributed by atoms with Crippen LogP contribution in [-0.2, 0) is 14.8 Å². The Morgan fingerprint density at radius 2 is 1.96 bits per heavy atom. The van der Waals surface area contributed by atoms with Crippen molar-refractivity contribution in [1.29, 1.82) is 0 Å². The van der Waals surface area contributed by atoms with E-state index in [4.69, 9.17) is 14.2 Å². The largest absolute Gasteiger partial charge is 0.486 e. The lowest BCUT2D eigenvalue weighted by Crippen LogP contribution is -2.47. The van der Waals surface area contributed by atoms with Gasteiger partial charge in [-0.25, -0.2) is 13.1 Å². The Hall–Kier alpha value is -1.95. The Kier molecular flexibility index (Phi) is 4.58. The van der Waals surface area contributed by atoms with Gasteiger partial charge in [-0.2, -0.15) is 0 Å². The number of rotatable bonds is 5. The molecule has 0 aromatic heterocycles. The summed E-state index contributed by atoms with van der Waals surface area (Å²) in [4.78, 5) is 9.93. The van der Waals surface area contributed by atoms with Crippen molar-refractivity contribution in [1.82, 2.24) is 4.72 Å². The molecule has 25 heavy (non-hydrogen) atoms. The molecule has 2 aliphatic rings. The fraction of sp³-hybridized carbons (Fsp3) is 0.571. The minimum absolute atomic E-state index is 0.119. The summed E-state index contributed by atoms with van der Waals surface area (Å²) in [6.45, 7) is 2.06. The van der Waals surface area contributed by atoms with Gasteiger partial charge in [-0.1, -0.05) is 0 Å². The summed E-state index contributed by atoms with van der Waals surface area (Å²) in [6, 6.07) is 2.09. The lowest BCUT2D eigenvalue weighted by Gasteiger charge is -2.26. The normalized spacial score (nSPS) is 25.8. The first-order valence-corrected chi connectivity index (χ1v) is 9.13. The molecule has 10 nitrogen and oxygen atoms in total. The zero-order valence-electron chi connectivity index (χ0n) is 13.4. The Labute approximate surface area is 143 Å². The maximum atomic E-state index is 12.6. The molecule has 0 aliphatic carbocycles. The Morgan fingerprint density at radius 3 is 2.52 bits per heavy atom. The summed E-state index contributed by atoms with van der Waals surface area (Å²) in [6.07, 6.45) is -0.287. The summed E-state index contributed by atoms with van der Waals surface area (Å²) in [5.41, 5.74) is -1.99. The highest BCUT2D eigenvalue weighted by Crippen LogP contribution is 2.38. The molecule has 2 aliphatic heterocycles. The zero-order valence-corrected chi connectivity index (χ0v) is 14.2. The second-order valence-electron chi connectivity index (χ2n) is 5.91. The third-order valence-electron chi connectivity index (χ3n) is 4.34. The maximum absolute atomic E-state index is 12.6. The van der Waals surface area contributed by atoms with Crippen LogP contribution in [0.4, 0.5) is 5.69 Å². The van der Waals surface area contributed by atoms with Gasteiger partial charge in [-0.3, -0.25) is 10.1 Å².